The van der Waals surface area contributed by atoms with Gasteiger partial charge in [-0.15, -0.1) is 0 Å². The van der Waals surface area contributed by atoms with Gasteiger partial charge in [-0.05, 0) is 30.3 Å². The van der Waals surface area contributed by atoms with Crippen molar-refractivity contribution in [1.82, 2.24) is 4.98 Å². The molecule has 4 N–H and O–H groups in total. The Morgan fingerprint density at radius 3 is 2.58 bits per heavy atom. The first kappa shape index (κ1) is 13.2. The van der Waals surface area contributed by atoms with Crippen molar-refractivity contribution < 1.29 is 9.53 Å². The highest BCUT2D eigenvalue weighted by atomic mass is 32.2. The van der Waals surface area contributed by atoms with Gasteiger partial charge in [0.15, 0.2) is 0 Å². The molecular weight excluding hydrogens is 262 g/mol. The highest BCUT2D eigenvalue weighted by Gasteiger charge is 2.11. The average Bonchev–Trinajstić information content (AvgIpc) is 2.41. The molecule has 0 aliphatic rings. The summed E-state index contributed by atoms with van der Waals surface area (Å²) in [6.45, 7) is 0. The Hall–Kier alpha value is -2.21. The van der Waals surface area contributed by atoms with Gasteiger partial charge in [0.2, 0.25) is 5.91 Å². The minimum Gasteiger partial charge on any atom is -0.497 e. The summed E-state index contributed by atoms with van der Waals surface area (Å²) in [5.41, 5.74) is 11.2. The molecule has 0 saturated carbocycles. The summed E-state index contributed by atoms with van der Waals surface area (Å²) in [7, 11) is 1.61. The van der Waals surface area contributed by atoms with Gasteiger partial charge in [0.05, 0.1) is 12.7 Å². The lowest BCUT2D eigenvalue weighted by molar-refractivity contribution is 0.0997. The summed E-state index contributed by atoms with van der Waals surface area (Å²) in [6, 6.07) is 8.96. The van der Waals surface area contributed by atoms with Crippen molar-refractivity contribution in [2.45, 2.75) is 9.79 Å². The van der Waals surface area contributed by atoms with Crippen molar-refractivity contribution in [3.63, 3.8) is 0 Å². The molecule has 0 atom stereocenters. The fourth-order valence-electron chi connectivity index (χ4n) is 1.50. The van der Waals surface area contributed by atoms with E-state index in [-0.39, 0.29) is 5.82 Å². The minimum absolute atomic E-state index is 0.271. The molecule has 2 aromatic rings. The maximum Gasteiger partial charge on any atom is 0.250 e. The molecule has 0 radical (unpaired) electrons. The number of ether oxygens (including phenoxy) is 1. The van der Waals surface area contributed by atoms with Crippen molar-refractivity contribution in [1.29, 1.82) is 0 Å². The van der Waals surface area contributed by atoms with Crippen LogP contribution in [0.25, 0.3) is 0 Å². The summed E-state index contributed by atoms with van der Waals surface area (Å²) in [5.74, 6) is 0.521. The van der Waals surface area contributed by atoms with E-state index in [1.54, 1.807) is 13.3 Å². The lowest BCUT2D eigenvalue weighted by Gasteiger charge is -2.07. The lowest BCUT2D eigenvalue weighted by atomic mass is 10.2. The zero-order valence-corrected chi connectivity index (χ0v) is 11.1. The Labute approximate surface area is 115 Å². The maximum absolute atomic E-state index is 11.4. The molecule has 0 fully saturated rings. The third-order valence-corrected chi connectivity index (χ3v) is 3.49. The molecule has 1 aromatic carbocycles. The van der Waals surface area contributed by atoms with E-state index in [1.807, 2.05) is 24.3 Å². The van der Waals surface area contributed by atoms with Gasteiger partial charge in [-0.25, -0.2) is 4.98 Å². The second kappa shape index (κ2) is 5.62. The molecule has 1 aromatic heterocycles. The first-order valence-electron chi connectivity index (χ1n) is 5.47. The van der Waals surface area contributed by atoms with Gasteiger partial charge in [-0.3, -0.25) is 4.79 Å². The smallest absolute Gasteiger partial charge is 0.250 e. The van der Waals surface area contributed by atoms with E-state index in [2.05, 4.69) is 4.98 Å². The number of pyridine rings is 1. The molecule has 5 nitrogen and oxygen atoms in total. The number of nitrogen functional groups attached to an aromatic ring is 1. The number of nitrogens with two attached hydrogens (primary N) is 2. The molecule has 98 valence electrons. The Morgan fingerprint density at radius 1 is 1.32 bits per heavy atom. The van der Waals surface area contributed by atoms with Gasteiger partial charge in [-0.1, -0.05) is 11.8 Å². The number of carbonyl (C=O) groups excluding carboxylic acids is 1. The molecule has 1 amide bonds. The third kappa shape index (κ3) is 3.17. The Balaban J connectivity index is 2.29. The van der Waals surface area contributed by atoms with Crippen LogP contribution in [-0.4, -0.2) is 18.0 Å². The monoisotopic (exact) mass is 275 g/mol. The van der Waals surface area contributed by atoms with E-state index in [0.717, 1.165) is 10.6 Å². The zero-order chi connectivity index (χ0) is 13.8. The van der Waals surface area contributed by atoms with Crippen LogP contribution in [0.5, 0.6) is 5.75 Å². The van der Waals surface area contributed by atoms with Crippen LogP contribution in [0.3, 0.4) is 0 Å². The molecule has 19 heavy (non-hydrogen) atoms. The first-order chi connectivity index (χ1) is 9.10. The molecule has 0 unspecified atom stereocenters. The Bertz CT molecular complexity index is 599. The molecule has 0 spiro atoms. The van der Waals surface area contributed by atoms with Crippen LogP contribution in [0.4, 0.5) is 5.82 Å². The number of methoxy groups -OCH3 is 1. The number of benzene rings is 1. The van der Waals surface area contributed by atoms with Gasteiger partial charge in [0, 0.05) is 16.0 Å². The number of amides is 1. The number of primary amides is 1. The second-order valence-electron chi connectivity index (χ2n) is 3.75. The molecule has 1 heterocycles. The van der Waals surface area contributed by atoms with Crippen LogP contribution >= 0.6 is 11.8 Å². The van der Waals surface area contributed by atoms with Gasteiger partial charge < -0.3 is 16.2 Å². The molecule has 6 heteroatoms. The van der Waals surface area contributed by atoms with Crippen LogP contribution in [0.2, 0.25) is 0 Å². The fraction of sp³-hybridized carbons (Fsp3) is 0.0769. The number of hydrogen-bond donors (Lipinski definition) is 2. The van der Waals surface area contributed by atoms with Crippen LogP contribution < -0.4 is 16.2 Å². The van der Waals surface area contributed by atoms with E-state index >= 15 is 0 Å². The quantitative estimate of drug-likeness (QED) is 0.889. The minimum atomic E-state index is -0.523. The zero-order valence-electron chi connectivity index (χ0n) is 10.3. The van der Waals surface area contributed by atoms with Crippen molar-refractivity contribution in [2.75, 3.05) is 12.8 Å². The summed E-state index contributed by atoms with van der Waals surface area (Å²) in [5, 5.41) is 0. The van der Waals surface area contributed by atoms with Crippen LogP contribution in [0.15, 0.2) is 46.3 Å². The van der Waals surface area contributed by atoms with Crippen LogP contribution in [0, 0.1) is 0 Å². The predicted octanol–water partition coefficient (Wildman–Crippen LogP) is 1.92. The lowest BCUT2D eigenvalue weighted by Crippen LogP contribution is -2.13. The molecule has 0 aliphatic carbocycles. The molecule has 0 aliphatic heterocycles. The number of aromatic nitrogens is 1. The van der Waals surface area contributed by atoms with Gasteiger partial charge in [0.1, 0.15) is 11.6 Å². The third-order valence-electron chi connectivity index (χ3n) is 2.44. The largest absolute Gasteiger partial charge is 0.497 e. The topological polar surface area (TPSA) is 91.2 Å². The number of carbonyl (C=O) groups is 1. The number of nitrogens with zero attached hydrogens (tertiary/aromatic N) is 1. The normalized spacial score (nSPS) is 10.2. The number of anilines is 1. The molecule has 2 rings (SSSR count). The number of rotatable bonds is 4. The summed E-state index contributed by atoms with van der Waals surface area (Å²) < 4.78 is 5.08. The summed E-state index contributed by atoms with van der Waals surface area (Å²) in [4.78, 5) is 17.0. The number of hydrogen-bond acceptors (Lipinski definition) is 5. The predicted molar refractivity (Wildman–Crippen MR) is 74.3 cm³/mol. The van der Waals surface area contributed by atoms with E-state index in [9.17, 15) is 4.79 Å². The average molecular weight is 275 g/mol. The molecule has 0 bridgehead atoms. The summed E-state index contributed by atoms with van der Waals surface area (Å²) >= 11 is 1.40. The first-order valence-corrected chi connectivity index (χ1v) is 6.29. The van der Waals surface area contributed by atoms with E-state index < -0.39 is 5.91 Å². The highest BCUT2D eigenvalue weighted by molar-refractivity contribution is 7.99. The Kier molecular flexibility index (Phi) is 3.91. The van der Waals surface area contributed by atoms with Crippen molar-refractivity contribution in [3.05, 3.63) is 42.1 Å². The van der Waals surface area contributed by atoms with Gasteiger partial charge in [-0.2, -0.15) is 0 Å². The van der Waals surface area contributed by atoms with Crippen molar-refractivity contribution >= 4 is 23.5 Å². The summed E-state index contributed by atoms with van der Waals surface area (Å²) in [6.07, 6.45) is 1.55. The van der Waals surface area contributed by atoms with Gasteiger partial charge >= 0.3 is 0 Å². The van der Waals surface area contributed by atoms with Crippen molar-refractivity contribution in [2.24, 2.45) is 5.73 Å². The second-order valence-corrected chi connectivity index (χ2v) is 4.86. The SMILES string of the molecule is COc1ccc(Sc2cnc(N)cc2C(N)=O)cc1. The maximum atomic E-state index is 11.4. The Morgan fingerprint density at radius 2 is 2.00 bits per heavy atom. The van der Waals surface area contributed by atoms with Crippen molar-refractivity contribution in [3.8, 4) is 5.75 Å². The molecular formula is C13H13N3O2S. The fourth-order valence-corrected chi connectivity index (χ4v) is 2.40. The van der Waals surface area contributed by atoms with Crippen LogP contribution in [0.1, 0.15) is 10.4 Å². The van der Waals surface area contributed by atoms with E-state index in [0.29, 0.717) is 10.5 Å². The standard InChI is InChI=1S/C13H13N3O2S/c1-18-8-2-4-9(5-3-8)19-11-7-16-12(14)6-10(11)13(15)17/h2-7H,1H3,(H2,14,16)(H2,15,17). The van der Waals surface area contributed by atoms with Crippen LogP contribution in [-0.2, 0) is 0 Å². The van der Waals surface area contributed by atoms with E-state index in [1.165, 1.54) is 17.8 Å². The van der Waals surface area contributed by atoms with Gasteiger partial charge in [0.25, 0.3) is 0 Å². The highest BCUT2D eigenvalue weighted by Crippen LogP contribution is 2.31. The molecule has 0 saturated heterocycles. The van der Waals surface area contributed by atoms with E-state index in [4.69, 9.17) is 16.2 Å².